The highest BCUT2D eigenvalue weighted by Crippen LogP contribution is 2.22. The number of hydrogen-bond acceptors (Lipinski definition) is 9. The molecular formula is C17H24N8O2. The molecule has 1 aliphatic rings. The van der Waals surface area contributed by atoms with Gasteiger partial charge < -0.3 is 20.8 Å². The first-order chi connectivity index (χ1) is 13.1. The molecular weight excluding hydrogens is 348 g/mol. The van der Waals surface area contributed by atoms with Crippen LogP contribution in [0.15, 0.2) is 36.7 Å². The number of nitrogens with two attached hydrogens (primary N) is 1. The molecule has 144 valence electrons. The Balaban J connectivity index is 1.50. The summed E-state index contributed by atoms with van der Waals surface area (Å²) >= 11 is 0. The van der Waals surface area contributed by atoms with Gasteiger partial charge in [0, 0.05) is 26.2 Å². The molecule has 0 unspecified atom stereocenters. The van der Waals surface area contributed by atoms with E-state index in [2.05, 4.69) is 43.2 Å². The van der Waals surface area contributed by atoms with Gasteiger partial charge in [0.2, 0.25) is 0 Å². The lowest BCUT2D eigenvalue weighted by atomic mass is 10.3. The van der Waals surface area contributed by atoms with Gasteiger partial charge in [-0.3, -0.25) is 15.6 Å². The monoisotopic (exact) mass is 372 g/mol. The van der Waals surface area contributed by atoms with Crippen molar-refractivity contribution >= 4 is 23.2 Å². The quantitative estimate of drug-likeness (QED) is 0.503. The minimum atomic E-state index is -0.356. The Morgan fingerprint density at radius 1 is 1.15 bits per heavy atom. The van der Waals surface area contributed by atoms with Gasteiger partial charge in [0.25, 0.3) is 5.91 Å². The molecule has 2 heterocycles. The number of carbonyl (C=O) groups is 1. The van der Waals surface area contributed by atoms with Crippen molar-refractivity contribution in [3.8, 4) is 5.75 Å². The lowest BCUT2D eigenvalue weighted by molar-refractivity contribution is -0.122. The van der Waals surface area contributed by atoms with Gasteiger partial charge in [0.05, 0.1) is 0 Å². The largest absolute Gasteiger partial charge is 0.484 e. The average molecular weight is 372 g/mol. The first-order valence-corrected chi connectivity index (χ1v) is 8.65. The fourth-order valence-corrected chi connectivity index (χ4v) is 2.48. The van der Waals surface area contributed by atoms with Crippen LogP contribution in [0.4, 0.5) is 17.3 Å². The van der Waals surface area contributed by atoms with Crippen molar-refractivity contribution in [1.82, 2.24) is 25.3 Å². The molecule has 0 radical (unpaired) electrons. The van der Waals surface area contributed by atoms with Crippen molar-refractivity contribution in [2.24, 2.45) is 0 Å². The van der Waals surface area contributed by atoms with Gasteiger partial charge in [0.15, 0.2) is 18.2 Å². The summed E-state index contributed by atoms with van der Waals surface area (Å²) in [5.41, 5.74) is 14.9. The zero-order chi connectivity index (χ0) is 19.1. The van der Waals surface area contributed by atoms with Crippen LogP contribution in [0.25, 0.3) is 0 Å². The molecule has 27 heavy (non-hydrogen) atoms. The van der Waals surface area contributed by atoms with Crippen LogP contribution in [0.1, 0.15) is 0 Å². The number of carbonyl (C=O) groups excluding carboxylic acids is 1. The predicted molar refractivity (Wildman–Crippen MR) is 103 cm³/mol. The third kappa shape index (κ3) is 5.43. The Bertz CT molecular complexity index is 750. The normalized spacial score (nSPS) is 15.1. The van der Waals surface area contributed by atoms with Crippen LogP contribution in [0.2, 0.25) is 0 Å². The van der Waals surface area contributed by atoms with Gasteiger partial charge in [-0.15, -0.1) is 0 Å². The topological polar surface area (TPSA) is 121 Å². The van der Waals surface area contributed by atoms with E-state index in [1.54, 1.807) is 12.1 Å². The van der Waals surface area contributed by atoms with Crippen LogP contribution in [-0.4, -0.2) is 65.6 Å². The molecule has 1 amide bonds. The number of anilines is 3. The highest BCUT2D eigenvalue weighted by Gasteiger charge is 2.16. The summed E-state index contributed by atoms with van der Waals surface area (Å²) < 4.78 is 5.38. The second-order valence-corrected chi connectivity index (χ2v) is 6.16. The molecule has 0 atom stereocenters. The Morgan fingerprint density at radius 3 is 2.59 bits per heavy atom. The van der Waals surface area contributed by atoms with Gasteiger partial charge in [-0.2, -0.15) is 0 Å². The van der Waals surface area contributed by atoms with Crippen molar-refractivity contribution in [3.63, 3.8) is 0 Å². The van der Waals surface area contributed by atoms with E-state index in [0.29, 0.717) is 23.1 Å². The fourth-order valence-electron chi connectivity index (χ4n) is 2.48. The van der Waals surface area contributed by atoms with E-state index in [0.717, 1.165) is 26.2 Å². The fraction of sp³-hybridized carbons (Fsp3) is 0.353. The highest BCUT2D eigenvalue weighted by atomic mass is 16.5. The van der Waals surface area contributed by atoms with E-state index in [1.165, 1.54) is 6.33 Å². The number of nitrogen functional groups attached to an aromatic ring is 1. The van der Waals surface area contributed by atoms with E-state index in [1.807, 2.05) is 18.2 Å². The Morgan fingerprint density at radius 2 is 1.85 bits per heavy atom. The van der Waals surface area contributed by atoms with Crippen molar-refractivity contribution in [2.75, 3.05) is 56.4 Å². The standard InChI is InChI=1S/C17H24N8O2/c1-24-7-9-25(10-8-24)23-17-15(18)16(19-12-20-17)22-21-14(26)11-27-13-5-3-2-4-6-13/h2-6,12H,7-11,18H2,1H3,(H,21,26)(H2,19,20,22,23). The first-order valence-electron chi connectivity index (χ1n) is 8.65. The van der Waals surface area contributed by atoms with E-state index < -0.39 is 0 Å². The van der Waals surface area contributed by atoms with Crippen molar-refractivity contribution in [3.05, 3.63) is 36.7 Å². The molecule has 5 N–H and O–H groups in total. The van der Waals surface area contributed by atoms with Gasteiger partial charge in [-0.25, -0.2) is 15.0 Å². The molecule has 0 bridgehead atoms. The molecule has 3 rings (SSSR count). The number of amides is 1. The smallest absolute Gasteiger partial charge is 0.276 e. The molecule has 1 saturated heterocycles. The minimum Gasteiger partial charge on any atom is -0.484 e. The zero-order valence-electron chi connectivity index (χ0n) is 15.2. The number of rotatable bonds is 7. The van der Waals surface area contributed by atoms with Crippen molar-refractivity contribution in [1.29, 1.82) is 0 Å². The van der Waals surface area contributed by atoms with Crippen LogP contribution in [0.5, 0.6) is 5.75 Å². The maximum atomic E-state index is 11.9. The molecule has 1 fully saturated rings. The maximum absolute atomic E-state index is 11.9. The third-order valence-electron chi connectivity index (χ3n) is 4.08. The Labute approximate surface area is 157 Å². The van der Waals surface area contributed by atoms with Gasteiger partial charge in [0.1, 0.15) is 17.8 Å². The lowest BCUT2D eigenvalue weighted by Gasteiger charge is -2.32. The van der Waals surface area contributed by atoms with Crippen LogP contribution in [-0.2, 0) is 4.79 Å². The van der Waals surface area contributed by atoms with Gasteiger partial charge >= 0.3 is 0 Å². The summed E-state index contributed by atoms with van der Waals surface area (Å²) in [6, 6.07) is 9.10. The number of hydrazine groups is 2. The minimum absolute atomic E-state index is 0.131. The van der Waals surface area contributed by atoms with Crippen LogP contribution in [0.3, 0.4) is 0 Å². The Hall–Kier alpha value is -3.11. The summed E-state index contributed by atoms with van der Waals surface area (Å²) in [7, 11) is 2.09. The summed E-state index contributed by atoms with van der Waals surface area (Å²) in [6.45, 7) is 3.50. The average Bonchev–Trinajstić information content (AvgIpc) is 2.69. The SMILES string of the molecule is CN1CCN(Nc2ncnc(NNC(=O)COc3ccccc3)c2N)CC1. The van der Waals surface area contributed by atoms with Crippen LogP contribution in [0, 0.1) is 0 Å². The van der Waals surface area contributed by atoms with Crippen LogP contribution >= 0.6 is 0 Å². The first kappa shape index (κ1) is 18.7. The summed E-state index contributed by atoms with van der Waals surface area (Å²) in [5.74, 6) is 1.07. The number of aromatic nitrogens is 2. The summed E-state index contributed by atoms with van der Waals surface area (Å²) in [4.78, 5) is 22.4. The lowest BCUT2D eigenvalue weighted by Crippen LogP contribution is -2.47. The van der Waals surface area contributed by atoms with E-state index >= 15 is 0 Å². The molecule has 0 spiro atoms. The molecule has 10 heteroatoms. The number of ether oxygens (including phenoxy) is 1. The van der Waals surface area contributed by atoms with Gasteiger partial charge in [-0.05, 0) is 19.2 Å². The summed E-state index contributed by atoms with van der Waals surface area (Å²) in [5, 5.41) is 2.05. The van der Waals surface area contributed by atoms with Crippen molar-refractivity contribution < 1.29 is 9.53 Å². The number of para-hydroxylation sites is 1. The Kier molecular flexibility index (Phi) is 6.23. The molecule has 0 saturated carbocycles. The van der Waals surface area contributed by atoms with E-state index in [-0.39, 0.29) is 12.5 Å². The second-order valence-electron chi connectivity index (χ2n) is 6.16. The molecule has 1 aliphatic heterocycles. The number of benzene rings is 1. The molecule has 10 nitrogen and oxygen atoms in total. The maximum Gasteiger partial charge on any atom is 0.276 e. The number of nitrogens with one attached hydrogen (secondary N) is 3. The highest BCUT2D eigenvalue weighted by molar-refractivity contribution is 5.81. The summed E-state index contributed by atoms with van der Waals surface area (Å²) in [6.07, 6.45) is 1.38. The van der Waals surface area contributed by atoms with Crippen LogP contribution < -0.4 is 26.7 Å². The predicted octanol–water partition coefficient (Wildman–Crippen LogP) is 0.155. The number of nitrogens with zero attached hydrogens (tertiary/aromatic N) is 4. The second kappa shape index (κ2) is 9.01. The zero-order valence-corrected chi connectivity index (χ0v) is 15.2. The molecule has 1 aromatic heterocycles. The van der Waals surface area contributed by atoms with E-state index in [4.69, 9.17) is 10.5 Å². The van der Waals surface area contributed by atoms with E-state index in [9.17, 15) is 4.79 Å². The van der Waals surface area contributed by atoms with Crippen molar-refractivity contribution in [2.45, 2.75) is 0 Å². The molecule has 0 aliphatic carbocycles. The third-order valence-corrected chi connectivity index (χ3v) is 4.08. The molecule has 2 aromatic rings. The number of hydrogen-bond donors (Lipinski definition) is 4. The number of likely N-dealkylation sites (N-methyl/N-ethyl adjacent to an activating group) is 1. The molecule has 1 aromatic carbocycles. The van der Waals surface area contributed by atoms with Gasteiger partial charge in [-0.1, -0.05) is 18.2 Å². The number of piperazine rings is 1.